The number of likely N-dealkylation sites (tertiary alicyclic amines) is 1. The van der Waals surface area contributed by atoms with Crippen molar-refractivity contribution in [1.82, 2.24) is 14.7 Å². The Balaban J connectivity index is 1.55. The van der Waals surface area contributed by atoms with Gasteiger partial charge in [-0.1, -0.05) is 30.3 Å². The van der Waals surface area contributed by atoms with Crippen LogP contribution in [0.5, 0.6) is 0 Å². The zero-order chi connectivity index (χ0) is 14.7. The molecule has 3 rings (SSSR count). The molecule has 2 aliphatic heterocycles. The van der Waals surface area contributed by atoms with Gasteiger partial charge < -0.3 is 9.80 Å². The third kappa shape index (κ3) is 3.38. The molecule has 0 bridgehead atoms. The number of carbonyl (C=O) groups is 1. The van der Waals surface area contributed by atoms with E-state index in [2.05, 4.69) is 47.1 Å². The van der Waals surface area contributed by atoms with Gasteiger partial charge in [-0.05, 0) is 25.3 Å². The smallest absolute Gasteiger partial charge is 0.320 e. The first kappa shape index (κ1) is 14.4. The molecular weight excluding hydrogens is 262 g/mol. The van der Waals surface area contributed by atoms with Crippen LogP contribution in [0.2, 0.25) is 0 Å². The largest absolute Gasteiger partial charge is 0.325 e. The second-order valence-electron chi connectivity index (χ2n) is 6.24. The summed E-state index contributed by atoms with van der Waals surface area (Å²) in [4.78, 5) is 19.0. The number of nitrogens with zero attached hydrogens (tertiary/aromatic N) is 3. The summed E-state index contributed by atoms with van der Waals surface area (Å²) >= 11 is 0. The Morgan fingerprint density at radius 2 is 1.81 bits per heavy atom. The van der Waals surface area contributed by atoms with Crippen LogP contribution in [0.15, 0.2) is 30.3 Å². The van der Waals surface area contributed by atoms with Gasteiger partial charge in [0.15, 0.2) is 0 Å². The summed E-state index contributed by atoms with van der Waals surface area (Å²) in [6.07, 6.45) is 2.32. The molecule has 0 radical (unpaired) electrons. The van der Waals surface area contributed by atoms with Gasteiger partial charge in [0, 0.05) is 45.3 Å². The zero-order valence-electron chi connectivity index (χ0n) is 12.9. The Hall–Kier alpha value is -1.55. The first-order chi connectivity index (χ1) is 10.2. The summed E-state index contributed by atoms with van der Waals surface area (Å²) in [6, 6.07) is 11.1. The number of hydrogen-bond acceptors (Lipinski definition) is 2. The van der Waals surface area contributed by atoms with Gasteiger partial charge in [0.1, 0.15) is 0 Å². The van der Waals surface area contributed by atoms with Crippen molar-refractivity contribution in [2.75, 3.05) is 32.7 Å². The Morgan fingerprint density at radius 1 is 1.10 bits per heavy atom. The van der Waals surface area contributed by atoms with Gasteiger partial charge in [0.25, 0.3) is 0 Å². The van der Waals surface area contributed by atoms with Crippen molar-refractivity contribution < 1.29 is 4.79 Å². The van der Waals surface area contributed by atoms with E-state index >= 15 is 0 Å². The number of piperazine rings is 1. The lowest BCUT2D eigenvalue weighted by Crippen LogP contribution is -2.56. The maximum absolute atomic E-state index is 12.5. The Morgan fingerprint density at radius 3 is 2.48 bits per heavy atom. The highest BCUT2D eigenvalue weighted by Gasteiger charge is 2.31. The number of urea groups is 1. The van der Waals surface area contributed by atoms with E-state index in [1.165, 1.54) is 5.56 Å². The quantitative estimate of drug-likeness (QED) is 0.835. The first-order valence-electron chi connectivity index (χ1n) is 8.06. The van der Waals surface area contributed by atoms with Gasteiger partial charge >= 0.3 is 6.03 Å². The SMILES string of the molecule is C[C@H]1CN(Cc2ccccc2)CCN1C(=O)N1CCCC1. The van der Waals surface area contributed by atoms with Crippen molar-refractivity contribution in [2.24, 2.45) is 0 Å². The highest BCUT2D eigenvalue weighted by molar-refractivity contribution is 5.75. The van der Waals surface area contributed by atoms with Crippen LogP contribution in [0.25, 0.3) is 0 Å². The fourth-order valence-corrected chi connectivity index (χ4v) is 3.39. The van der Waals surface area contributed by atoms with Crippen LogP contribution < -0.4 is 0 Å². The normalized spacial score (nSPS) is 23.6. The third-order valence-electron chi connectivity index (χ3n) is 4.58. The second-order valence-corrected chi connectivity index (χ2v) is 6.24. The molecule has 21 heavy (non-hydrogen) atoms. The van der Waals surface area contributed by atoms with E-state index in [1.54, 1.807) is 0 Å². The summed E-state index contributed by atoms with van der Waals surface area (Å²) in [5.74, 6) is 0. The van der Waals surface area contributed by atoms with Gasteiger partial charge in [-0.2, -0.15) is 0 Å². The predicted molar refractivity (Wildman–Crippen MR) is 84.1 cm³/mol. The average Bonchev–Trinajstić information content (AvgIpc) is 3.02. The van der Waals surface area contributed by atoms with Gasteiger partial charge in [0.05, 0.1) is 0 Å². The molecule has 0 N–H and O–H groups in total. The second kappa shape index (κ2) is 6.48. The topological polar surface area (TPSA) is 26.8 Å². The minimum Gasteiger partial charge on any atom is -0.325 e. The summed E-state index contributed by atoms with van der Waals surface area (Å²) in [7, 11) is 0. The van der Waals surface area contributed by atoms with Crippen molar-refractivity contribution in [3.63, 3.8) is 0 Å². The van der Waals surface area contributed by atoms with Crippen LogP contribution in [0.4, 0.5) is 4.79 Å². The van der Waals surface area contributed by atoms with Crippen molar-refractivity contribution in [3.05, 3.63) is 35.9 Å². The molecule has 1 aromatic carbocycles. The highest BCUT2D eigenvalue weighted by Crippen LogP contribution is 2.17. The molecule has 4 nitrogen and oxygen atoms in total. The molecule has 2 fully saturated rings. The maximum atomic E-state index is 12.5. The molecule has 0 spiro atoms. The summed E-state index contributed by atoms with van der Waals surface area (Å²) < 4.78 is 0. The fraction of sp³-hybridized carbons (Fsp3) is 0.588. The van der Waals surface area contributed by atoms with Crippen molar-refractivity contribution in [2.45, 2.75) is 32.4 Å². The lowest BCUT2D eigenvalue weighted by Gasteiger charge is -2.41. The van der Waals surface area contributed by atoms with E-state index in [9.17, 15) is 4.79 Å². The molecule has 1 atom stereocenters. The van der Waals surface area contributed by atoms with E-state index in [1.807, 2.05) is 4.90 Å². The zero-order valence-corrected chi connectivity index (χ0v) is 12.9. The molecule has 4 heteroatoms. The van der Waals surface area contributed by atoms with E-state index in [0.717, 1.165) is 52.1 Å². The van der Waals surface area contributed by atoms with Crippen LogP contribution >= 0.6 is 0 Å². The van der Waals surface area contributed by atoms with E-state index < -0.39 is 0 Å². The predicted octanol–water partition coefficient (Wildman–Crippen LogP) is 2.41. The van der Waals surface area contributed by atoms with Crippen LogP contribution in [-0.2, 0) is 6.54 Å². The van der Waals surface area contributed by atoms with Crippen molar-refractivity contribution in [3.8, 4) is 0 Å². The Kier molecular flexibility index (Phi) is 4.44. The van der Waals surface area contributed by atoms with Crippen LogP contribution in [0.1, 0.15) is 25.3 Å². The molecule has 0 unspecified atom stereocenters. The molecule has 2 amide bonds. The Labute approximate surface area is 127 Å². The van der Waals surface area contributed by atoms with E-state index in [0.29, 0.717) is 6.04 Å². The van der Waals surface area contributed by atoms with Crippen molar-refractivity contribution >= 4 is 6.03 Å². The highest BCUT2D eigenvalue weighted by atomic mass is 16.2. The number of carbonyl (C=O) groups excluding carboxylic acids is 1. The van der Waals surface area contributed by atoms with Crippen LogP contribution in [0, 0.1) is 0 Å². The molecule has 1 aromatic rings. The van der Waals surface area contributed by atoms with E-state index in [4.69, 9.17) is 0 Å². The average molecular weight is 287 g/mol. The van der Waals surface area contributed by atoms with Crippen LogP contribution in [0.3, 0.4) is 0 Å². The standard InChI is InChI=1S/C17H25N3O/c1-15-13-18(14-16-7-3-2-4-8-16)11-12-20(15)17(21)19-9-5-6-10-19/h2-4,7-8,15H,5-6,9-14H2,1H3/t15-/m0/s1. The maximum Gasteiger partial charge on any atom is 0.320 e. The minimum absolute atomic E-state index is 0.249. The monoisotopic (exact) mass is 287 g/mol. The molecule has 114 valence electrons. The molecular formula is C17H25N3O. The molecule has 2 aliphatic rings. The van der Waals surface area contributed by atoms with Gasteiger partial charge in [0.2, 0.25) is 0 Å². The van der Waals surface area contributed by atoms with Gasteiger partial charge in [-0.25, -0.2) is 4.79 Å². The molecule has 2 heterocycles. The number of hydrogen-bond donors (Lipinski definition) is 0. The summed E-state index contributed by atoms with van der Waals surface area (Å²) in [6.45, 7) is 7.82. The van der Waals surface area contributed by atoms with Crippen LogP contribution in [-0.4, -0.2) is 59.5 Å². The van der Waals surface area contributed by atoms with Gasteiger partial charge in [-0.15, -0.1) is 0 Å². The number of rotatable bonds is 2. The minimum atomic E-state index is 0.249. The molecule has 0 aliphatic carbocycles. The Bertz CT molecular complexity index is 470. The summed E-state index contributed by atoms with van der Waals surface area (Å²) in [5, 5.41) is 0. The molecule has 2 saturated heterocycles. The first-order valence-corrected chi connectivity index (χ1v) is 8.06. The lowest BCUT2D eigenvalue weighted by atomic mass is 10.1. The molecule has 0 saturated carbocycles. The third-order valence-corrected chi connectivity index (χ3v) is 4.58. The summed E-state index contributed by atoms with van der Waals surface area (Å²) in [5.41, 5.74) is 1.35. The van der Waals surface area contributed by atoms with Crippen molar-refractivity contribution in [1.29, 1.82) is 0 Å². The van der Waals surface area contributed by atoms with Gasteiger partial charge in [-0.3, -0.25) is 4.90 Å². The molecule has 0 aromatic heterocycles. The fourth-order valence-electron chi connectivity index (χ4n) is 3.39. The number of amides is 2. The number of benzene rings is 1. The lowest BCUT2D eigenvalue weighted by molar-refractivity contribution is 0.0815. The van der Waals surface area contributed by atoms with E-state index in [-0.39, 0.29) is 6.03 Å².